The third kappa shape index (κ3) is 2.06. The van der Waals surface area contributed by atoms with Gasteiger partial charge in [-0.1, -0.05) is 0 Å². The van der Waals surface area contributed by atoms with Gasteiger partial charge < -0.3 is 11.1 Å². The summed E-state index contributed by atoms with van der Waals surface area (Å²) in [6, 6.07) is 0. The summed E-state index contributed by atoms with van der Waals surface area (Å²) < 4.78 is 0. The minimum atomic E-state index is -0.177. The van der Waals surface area contributed by atoms with Crippen molar-refractivity contribution in [3.05, 3.63) is 0 Å². The van der Waals surface area contributed by atoms with Crippen LogP contribution in [0.2, 0.25) is 0 Å². The molecule has 80 valence electrons. The molecule has 1 unspecified atom stereocenters. The predicted molar refractivity (Wildman–Crippen MR) is 59.2 cm³/mol. The van der Waals surface area contributed by atoms with Gasteiger partial charge in [0.1, 0.15) is 0 Å². The molecule has 3 nitrogen and oxygen atoms in total. The van der Waals surface area contributed by atoms with Crippen molar-refractivity contribution in [2.45, 2.75) is 30.9 Å². The van der Waals surface area contributed by atoms with E-state index in [0.29, 0.717) is 11.8 Å². The molecule has 14 heavy (non-hydrogen) atoms. The van der Waals surface area contributed by atoms with Crippen molar-refractivity contribution in [2.75, 3.05) is 18.8 Å². The van der Waals surface area contributed by atoms with E-state index in [4.69, 9.17) is 5.73 Å². The lowest BCUT2D eigenvalue weighted by atomic mass is 10.1. The number of hydrogen-bond donors (Lipinski definition) is 2. The van der Waals surface area contributed by atoms with Crippen molar-refractivity contribution in [1.29, 1.82) is 0 Å². The number of hydrogen-bond acceptors (Lipinski definition) is 3. The summed E-state index contributed by atoms with van der Waals surface area (Å²) in [5, 5.41) is 3.68. The SMILES string of the molecule is NCC1(C(=O)NCC2CCCS2)CC1. The Morgan fingerprint density at radius 1 is 1.57 bits per heavy atom. The maximum Gasteiger partial charge on any atom is 0.227 e. The van der Waals surface area contributed by atoms with Crippen LogP contribution in [0.3, 0.4) is 0 Å². The van der Waals surface area contributed by atoms with Gasteiger partial charge in [0.25, 0.3) is 0 Å². The Kier molecular flexibility index (Phi) is 3.02. The second-order valence-corrected chi connectivity index (χ2v) is 5.74. The van der Waals surface area contributed by atoms with Gasteiger partial charge in [0.2, 0.25) is 5.91 Å². The first-order valence-electron chi connectivity index (χ1n) is 5.37. The quantitative estimate of drug-likeness (QED) is 0.725. The fourth-order valence-corrected chi connectivity index (χ4v) is 3.08. The average Bonchev–Trinajstić information content (AvgIpc) is 2.84. The first-order chi connectivity index (χ1) is 6.77. The first-order valence-corrected chi connectivity index (χ1v) is 6.42. The molecule has 1 aliphatic heterocycles. The van der Waals surface area contributed by atoms with Crippen LogP contribution in [-0.2, 0) is 4.79 Å². The van der Waals surface area contributed by atoms with Crippen LogP contribution in [0.15, 0.2) is 0 Å². The van der Waals surface area contributed by atoms with Crippen LogP contribution in [0.4, 0.5) is 0 Å². The van der Waals surface area contributed by atoms with E-state index < -0.39 is 0 Å². The Labute approximate surface area is 89.2 Å². The molecular weight excluding hydrogens is 196 g/mol. The fourth-order valence-electron chi connectivity index (χ4n) is 1.87. The smallest absolute Gasteiger partial charge is 0.227 e. The van der Waals surface area contributed by atoms with Gasteiger partial charge >= 0.3 is 0 Å². The Hall–Kier alpha value is -0.220. The van der Waals surface area contributed by atoms with Gasteiger partial charge in [-0.05, 0) is 31.4 Å². The highest BCUT2D eigenvalue weighted by atomic mass is 32.2. The molecule has 1 amide bonds. The van der Waals surface area contributed by atoms with Crippen molar-refractivity contribution in [3.8, 4) is 0 Å². The van der Waals surface area contributed by atoms with Crippen molar-refractivity contribution in [2.24, 2.45) is 11.1 Å². The molecule has 3 N–H and O–H groups in total. The number of rotatable bonds is 4. The molecule has 0 bridgehead atoms. The molecule has 0 radical (unpaired) electrons. The highest BCUT2D eigenvalue weighted by molar-refractivity contribution is 8.00. The zero-order valence-electron chi connectivity index (χ0n) is 8.42. The lowest BCUT2D eigenvalue weighted by Crippen LogP contribution is -2.39. The first kappa shape index (κ1) is 10.3. The molecule has 0 aromatic rings. The topological polar surface area (TPSA) is 55.1 Å². The Morgan fingerprint density at radius 3 is 2.86 bits per heavy atom. The van der Waals surface area contributed by atoms with Crippen molar-refractivity contribution >= 4 is 17.7 Å². The Bertz CT molecular complexity index is 222. The van der Waals surface area contributed by atoms with E-state index in [-0.39, 0.29) is 11.3 Å². The van der Waals surface area contributed by atoms with Crippen LogP contribution in [0.1, 0.15) is 25.7 Å². The van der Waals surface area contributed by atoms with E-state index in [1.165, 1.54) is 18.6 Å². The summed E-state index contributed by atoms with van der Waals surface area (Å²) in [5.74, 6) is 1.44. The zero-order chi connectivity index (χ0) is 10.0. The third-order valence-corrected chi connectivity index (χ3v) is 4.64. The molecule has 1 heterocycles. The molecule has 1 aliphatic carbocycles. The van der Waals surface area contributed by atoms with Crippen LogP contribution in [0.5, 0.6) is 0 Å². The van der Waals surface area contributed by atoms with E-state index in [1.54, 1.807) is 0 Å². The molecule has 2 fully saturated rings. The maximum absolute atomic E-state index is 11.7. The van der Waals surface area contributed by atoms with E-state index in [0.717, 1.165) is 19.4 Å². The van der Waals surface area contributed by atoms with E-state index >= 15 is 0 Å². The van der Waals surface area contributed by atoms with Gasteiger partial charge in [0, 0.05) is 18.3 Å². The number of carbonyl (C=O) groups excluding carboxylic acids is 1. The standard InChI is InChI=1S/C10H18N2OS/c11-7-10(3-4-10)9(13)12-6-8-2-1-5-14-8/h8H,1-7,11H2,(H,12,13). The molecule has 0 aromatic heterocycles. The van der Waals surface area contributed by atoms with Gasteiger partial charge in [-0.3, -0.25) is 4.79 Å². The molecule has 1 saturated heterocycles. The van der Waals surface area contributed by atoms with Gasteiger partial charge in [0.15, 0.2) is 0 Å². The highest BCUT2D eigenvalue weighted by Gasteiger charge is 2.48. The summed E-state index contributed by atoms with van der Waals surface area (Å²) in [6.07, 6.45) is 4.51. The zero-order valence-corrected chi connectivity index (χ0v) is 9.24. The minimum absolute atomic E-state index is 0.177. The van der Waals surface area contributed by atoms with Crippen LogP contribution in [0.25, 0.3) is 0 Å². The van der Waals surface area contributed by atoms with E-state index in [2.05, 4.69) is 5.32 Å². The maximum atomic E-state index is 11.7. The van der Waals surface area contributed by atoms with Crippen LogP contribution in [0, 0.1) is 5.41 Å². The van der Waals surface area contributed by atoms with Crippen molar-refractivity contribution in [1.82, 2.24) is 5.32 Å². The van der Waals surface area contributed by atoms with Gasteiger partial charge in [-0.15, -0.1) is 0 Å². The van der Waals surface area contributed by atoms with Crippen LogP contribution < -0.4 is 11.1 Å². The number of amides is 1. The summed E-state index contributed by atoms with van der Waals surface area (Å²) >= 11 is 1.98. The lowest BCUT2D eigenvalue weighted by Gasteiger charge is -2.15. The normalized spacial score (nSPS) is 28.8. The second-order valence-electron chi connectivity index (χ2n) is 4.33. The van der Waals surface area contributed by atoms with Gasteiger partial charge in [0.05, 0.1) is 5.41 Å². The van der Waals surface area contributed by atoms with Crippen molar-refractivity contribution in [3.63, 3.8) is 0 Å². The largest absolute Gasteiger partial charge is 0.354 e. The van der Waals surface area contributed by atoms with Crippen LogP contribution in [-0.4, -0.2) is 30.0 Å². The number of nitrogens with one attached hydrogen (secondary N) is 1. The molecule has 0 spiro atoms. The van der Waals surface area contributed by atoms with Gasteiger partial charge in [-0.2, -0.15) is 11.8 Å². The van der Waals surface area contributed by atoms with Gasteiger partial charge in [-0.25, -0.2) is 0 Å². The average molecular weight is 214 g/mol. The third-order valence-electron chi connectivity index (χ3n) is 3.24. The minimum Gasteiger partial charge on any atom is -0.354 e. The molecular formula is C10H18N2OS. The number of thioether (sulfide) groups is 1. The number of carbonyl (C=O) groups is 1. The summed E-state index contributed by atoms with van der Waals surface area (Å²) in [5.41, 5.74) is 5.41. The summed E-state index contributed by atoms with van der Waals surface area (Å²) in [4.78, 5) is 11.7. The Morgan fingerprint density at radius 2 is 2.36 bits per heavy atom. The molecule has 4 heteroatoms. The molecule has 0 aromatic carbocycles. The number of nitrogens with two attached hydrogens (primary N) is 1. The van der Waals surface area contributed by atoms with Crippen LogP contribution >= 0.6 is 11.8 Å². The second kappa shape index (κ2) is 4.11. The van der Waals surface area contributed by atoms with E-state index in [9.17, 15) is 4.79 Å². The fraction of sp³-hybridized carbons (Fsp3) is 0.900. The highest BCUT2D eigenvalue weighted by Crippen LogP contribution is 2.44. The molecule has 2 rings (SSSR count). The Balaban J connectivity index is 1.72. The molecule has 1 atom stereocenters. The predicted octanol–water partition coefficient (Wildman–Crippen LogP) is 0.737. The summed E-state index contributed by atoms with van der Waals surface area (Å²) in [7, 11) is 0. The summed E-state index contributed by atoms with van der Waals surface area (Å²) in [6.45, 7) is 1.35. The van der Waals surface area contributed by atoms with Crippen molar-refractivity contribution < 1.29 is 4.79 Å². The lowest BCUT2D eigenvalue weighted by molar-refractivity contribution is -0.125. The monoisotopic (exact) mass is 214 g/mol. The molecule has 1 saturated carbocycles. The molecule has 2 aliphatic rings. The van der Waals surface area contributed by atoms with E-state index in [1.807, 2.05) is 11.8 Å².